The van der Waals surface area contributed by atoms with Crippen LogP contribution in [0.3, 0.4) is 0 Å². The van der Waals surface area contributed by atoms with E-state index in [2.05, 4.69) is 5.32 Å². The van der Waals surface area contributed by atoms with Crippen molar-refractivity contribution < 1.29 is 19.1 Å². The third-order valence-electron chi connectivity index (χ3n) is 4.19. The van der Waals surface area contributed by atoms with Gasteiger partial charge in [-0.15, -0.1) is 11.3 Å². The summed E-state index contributed by atoms with van der Waals surface area (Å²) < 4.78 is 10.4. The van der Waals surface area contributed by atoms with Crippen molar-refractivity contribution in [3.63, 3.8) is 0 Å². The molecule has 3 N–H and O–H groups in total. The average Bonchev–Trinajstić information content (AvgIpc) is 3.10. The van der Waals surface area contributed by atoms with Crippen molar-refractivity contribution >= 4 is 28.8 Å². The molecule has 7 heteroatoms. The molecule has 0 atom stereocenters. The predicted molar refractivity (Wildman–Crippen MR) is 114 cm³/mol. The molecule has 29 heavy (non-hydrogen) atoms. The fraction of sp³-hybridized carbons (Fsp3) is 0.182. The van der Waals surface area contributed by atoms with Gasteiger partial charge in [-0.2, -0.15) is 0 Å². The Kier molecular flexibility index (Phi) is 6.86. The second-order valence-corrected chi connectivity index (χ2v) is 7.47. The van der Waals surface area contributed by atoms with Crippen LogP contribution < -0.4 is 20.5 Å². The number of carbonyl (C=O) groups is 2. The third kappa shape index (κ3) is 5.83. The third-order valence-corrected chi connectivity index (χ3v) is 5.29. The summed E-state index contributed by atoms with van der Waals surface area (Å²) in [6, 6.07) is 19.0. The maximum atomic E-state index is 11.1. The Hall–Kier alpha value is -3.32. The SMILES string of the molecule is COc1ccc(Cc2ccc(C(N)=O)s2)cc1.O=C1CCOc2ccccc2N1. The Balaban J connectivity index is 0.000000176. The van der Waals surface area contributed by atoms with Crippen LogP contribution in [0.5, 0.6) is 11.5 Å². The number of para-hydroxylation sites is 2. The molecule has 0 bridgehead atoms. The minimum absolute atomic E-state index is 0.0138. The van der Waals surface area contributed by atoms with Crippen molar-refractivity contribution in [3.05, 3.63) is 76.0 Å². The quantitative estimate of drug-likeness (QED) is 0.683. The van der Waals surface area contributed by atoms with Crippen LogP contribution in [0.25, 0.3) is 0 Å². The maximum Gasteiger partial charge on any atom is 0.258 e. The number of carbonyl (C=O) groups excluding carboxylic acids is 2. The minimum atomic E-state index is -0.365. The molecular weight excluding hydrogens is 388 g/mol. The second kappa shape index (κ2) is 9.75. The van der Waals surface area contributed by atoms with E-state index in [1.54, 1.807) is 13.2 Å². The van der Waals surface area contributed by atoms with E-state index >= 15 is 0 Å². The van der Waals surface area contributed by atoms with Gasteiger partial charge in [-0.05, 0) is 42.0 Å². The molecule has 2 amide bonds. The van der Waals surface area contributed by atoms with Gasteiger partial charge in [-0.3, -0.25) is 9.59 Å². The van der Waals surface area contributed by atoms with Crippen molar-refractivity contribution in [1.82, 2.24) is 0 Å². The molecule has 0 saturated heterocycles. The Morgan fingerprint density at radius 2 is 1.90 bits per heavy atom. The van der Waals surface area contributed by atoms with Gasteiger partial charge in [-0.1, -0.05) is 24.3 Å². The topological polar surface area (TPSA) is 90.7 Å². The number of rotatable bonds is 4. The van der Waals surface area contributed by atoms with Crippen molar-refractivity contribution in [2.75, 3.05) is 19.0 Å². The summed E-state index contributed by atoms with van der Waals surface area (Å²) >= 11 is 1.44. The molecular formula is C22H22N2O4S. The molecule has 0 spiro atoms. The van der Waals surface area contributed by atoms with Crippen LogP contribution >= 0.6 is 11.3 Å². The number of anilines is 1. The Morgan fingerprint density at radius 1 is 1.14 bits per heavy atom. The maximum absolute atomic E-state index is 11.1. The number of fused-ring (bicyclic) bond motifs is 1. The van der Waals surface area contributed by atoms with Gasteiger partial charge in [0, 0.05) is 11.3 Å². The fourth-order valence-electron chi connectivity index (χ4n) is 2.71. The molecule has 3 aromatic rings. The van der Waals surface area contributed by atoms with Gasteiger partial charge in [-0.25, -0.2) is 0 Å². The molecule has 0 unspecified atom stereocenters. The summed E-state index contributed by atoms with van der Waals surface area (Å²) in [6.07, 6.45) is 1.23. The molecule has 0 radical (unpaired) electrons. The number of primary amides is 1. The van der Waals surface area contributed by atoms with E-state index < -0.39 is 0 Å². The zero-order valence-corrected chi connectivity index (χ0v) is 16.8. The van der Waals surface area contributed by atoms with Gasteiger partial charge in [0.25, 0.3) is 5.91 Å². The molecule has 2 heterocycles. The standard InChI is InChI=1S/C13H13NO2S.C9H9NO2/c1-16-10-4-2-9(3-5-10)8-11-6-7-12(17-11)13(14)15;11-9-5-6-12-8-4-2-1-3-7(8)10-9/h2-7H,8H2,1H3,(H2,14,15);1-4H,5-6H2,(H,10,11). The van der Waals surface area contributed by atoms with Gasteiger partial charge in [0.15, 0.2) is 0 Å². The minimum Gasteiger partial charge on any atom is -0.497 e. The first-order valence-electron chi connectivity index (χ1n) is 9.08. The number of benzene rings is 2. The Morgan fingerprint density at radius 3 is 2.59 bits per heavy atom. The summed E-state index contributed by atoms with van der Waals surface area (Å²) in [5.74, 6) is 1.25. The monoisotopic (exact) mass is 410 g/mol. The molecule has 0 aliphatic carbocycles. The van der Waals surface area contributed by atoms with Crippen LogP contribution in [-0.2, 0) is 11.2 Å². The normalized spacial score (nSPS) is 12.4. The summed E-state index contributed by atoms with van der Waals surface area (Å²) in [4.78, 5) is 23.8. The molecule has 0 fully saturated rings. The number of methoxy groups -OCH3 is 1. The van der Waals surface area contributed by atoms with E-state index in [-0.39, 0.29) is 11.8 Å². The van der Waals surface area contributed by atoms with Crippen LogP contribution in [0.15, 0.2) is 60.7 Å². The fourth-order valence-corrected chi connectivity index (χ4v) is 3.61. The summed E-state index contributed by atoms with van der Waals surface area (Å²) in [6.45, 7) is 0.461. The molecule has 2 aromatic carbocycles. The second-order valence-electron chi connectivity index (χ2n) is 6.30. The highest BCUT2D eigenvalue weighted by Crippen LogP contribution is 2.25. The van der Waals surface area contributed by atoms with Gasteiger partial charge < -0.3 is 20.5 Å². The average molecular weight is 410 g/mol. The van der Waals surface area contributed by atoms with Crippen LogP contribution in [0.1, 0.15) is 26.5 Å². The van der Waals surface area contributed by atoms with E-state index in [1.807, 2.05) is 54.6 Å². The first-order chi connectivity index (χ1) is 14.0. The van der Waals surface area contributed by atoms with Gasteiger partial charge in [0.05, 0.1) is 30.7 Å². The zero-order valence-electron chi connectivity index (χ0n) is 16.0. The Bertz CT molecular complexity index is 982. The molecule has 1 aromatic heterocycles. The van der Waals surface area contributed by atoms with E-state index in [0.717, 1.165) is 28.5 Å². The molecule has 150 valence electrons. The molecule has 4 rings (SSSR count). The van der Waals surface area contributed by atoms with Crippen LogP contribution in [0.2, 0.25) is 0 Å². The highest BCUT2D eigenvalue weighted by Gasteiger charge is 2.11. The lowest BCUT2D eigenvalue weighted by atomic mass is 10.1. The largest absolute Gasteiger partial charge is 0.497 e. The summed E-state index contributed by atoms with van der Waals surface area (Å²) in [5, 5.41) is 2.76. The highest BCUT2D eigenvalue weighted by atomic mass is 32.1. The number of thiophene rings is 1. The van der Waals surface area contributed by atoms with Gasteiger partial charge >= 0.3 is 0 Å². The van der Waals surface area contributed by atoms with Crippen LogP contribution in [0.4, 0.5) is 5.69 Å². The van der Waals surface area contributed by atoms with E-state index in [0.29, 0.717) is 17.9 Å². The summed E-state index contributed by atoms with van der Waals surface area (Å²) in [5.41, 5.74) is 7.16. The van der Waals surface area contributed by atoms with Gasteiger partial charge in [0.1, 0.15) is 11.5 Å². The smallest absolute Gasteiger partial charge is 0.258 e. The molecule has 6 nitrogen and oxygen atoms in total. The van der Waals surface area contributed by atoms with Crippen LogP contribution in [0, 0.1) is 0 Å². The van der Waals surface area contributed by atoms with Crippen molar-refractivity contribution in [2.24, 2.45) is 5.73 Å². The number of hydrogen-bond acceptors (Lipinski definition) is 5. The highest BCUT2D eigenvalue weighted by molar-refractivity contribution is 7.14. The lowest BCUT2D eigenvalue weighted by Gasteiger charge is -2.04. The number of amides is 2. The Labute approximate surface area is 173 Å². The molecule has 0 saturated carbocycles. The first-order valence-corrected chi connectivity index (χ1v) is 9.90. The van der Waals surface area contributed by atoms with Crippen molar-refractivity contribution in [2.45, 2.75) is 12.8 Å². The molecule has 1 aliphatic heterocycles. The molecule has 1 aliphatic rings. The number of nitrogens with two attached hydrogens (primary N) is 1. The number of ether oxygens (including phenoxy) is 2. The predicted octanol–water partition coefficient (Wildman–Crippen LogP) is 3.85. The number of hydrogen-bond donors (Lipinski definition) is 2. The van der Waals surface area contributed by atoms with E-state index in [1.165, 1.54) is 16.9 Å². The van der Waals surface area contributed by atoms with Crippen molar-refractivity contribution in [3.8, 4) is 11.5 Å². The first kappa shape index (κ1) is 20.4. The summed E-state index contributed by atoms with van der Waals surface area (Å²) in [7, 11) is 1.65. The lowest BCUT2D eigenvalue weighted by molar-refractivity contribution is -0.116. The zero-order chi connectivity index (χ0) is 20.6. The number of nitrogens with one attached hydrogen (secondary N) is 1. The van der Waals surface area contributed by atoms with Gasteiger partial charge in [0.2, 0.25) is 5.91 Å². The van der Waals surface area contributed by atoms with Crippen LogP contribution in [-0.4, -0.2) is 25.5 Å². The van der Waals surface area contributed by atoms with E-state index in [9.17, 15) is 9.59 Å². The van der Waals surface area contributed by atoms with Crippen molar-refractivity contribution in [1.29, 1.82) is 0 Å². The van der Waals surface area contributed by atoms with E-state index in [4.69, 9.17) is 15.2 Å². The lowest BCUT2D eigenvalue weighted by Crippen LogP contribution is -2.10.